The van der Waals surface area contributed by atoms with Gasteiger partial charge in [-0.2, -0.15) is 0 Å². The van der Waals surface area contributed by atoms with Crippen molar-refractivity contribution in [2.24, 2.45) is 0 Å². The molecule has 0 aliphatic heterocycles. The summed E-state index contributed by atoms with van der Waals surface area (Å²) < 4.78 is 20.3. The topological polar surface area (TPSA) is 27.1 Å². The standard InChI is InChI=1S/C13H13FN2O/c1-17-13(6-7-13)16-8-12(15-9-16)10-2-4-11(14)5-3-10/h2-5,8-9H,6-7H2,1H3. The highest BCUT2D eigenvalue weighted by atomic mass is 19.1. The van der Waals surface area contributed by atoms with E-state index in [9.17, 15) is 4.39 Å². The van der Waals surface area contributed by atoms with Gasteiger partial charge in [0.15, 0.2) is 0 Å². The molecular weight excluding hydrogens is 219 g/mol. The Balaban J connectivity index is 1.92. The van der Waals surface area contributed by atoms with Crippen molar-refractivity contribution < 1.29 is 9.13 Å². The number of hydrogen-bond donors (Lipinski definition) is 0. The van der Waals surface area contributed by atoms with Crippen molar-refractivity contribution in [3.8, 4) is 11.3 Å². The molecule has 0 spiro atoms. The van der Waals surface area contributed by atoms with E-state index in [1.165, 1.54) is 12.1 Å². The Hall–Kier alpha value is -1.68. The van der Waals surface area contributed by atoms with E-state index in [1.807, 2.05) is 10.8 Å². The van der Waals surface area contributed by atoms with Gasteiger partial charge in [0.1, 0.15) is 11.5 Å². The second-order valence-corrected chi connectivity index (χ2v) is 4.32. The number of nitrogens with zero attached hydrogens (tertiary/aromatic N) is 2. The Labute approximate surface area is 98.9 Å². The van der Waals surface area contributed by atoms with Crippen LogP contribution < -0.4 is 0 Å². The maximum absolute atomic E-state index is 12.8. The normalized spacial score (nSPS) is 17.1. The maximum atomic E-state index is 12.8. The lowest BCUT2D eigenvalue weighted by molar-refractivity contribution is 0.0163. The van der Waals surface area contributed by atoms with E-state index in [-0.39, 0.29) is 11.5 Å². The first-order chi connectivity index (χ1) is 8.23. The summed E-state index contributed by atoms with van der Waals surface area (Å²) in [5, 5.41) is 0. The molecule has 0 saturated heterocycles. The summed E-state index contributed by atoms with van der Waals surface area (Å²) in [7, 11) is 1.71. The highest BCUT2D eigenvalue weighted by molar-refractivity contribution is 5.57. The zero-order chi connectivity index (χ0) is 11.9. The number of ether oxygens (including phenoxy) is 1. The van der Waals surface area contributed by atoms with Crippen LogP contribution in [-0.4, -0.2) is 16.7 Å². The molecular formula is C13H13FN2O. The second-order valence-electron chi connectivity index (χ2n) is 4.32. The van der Waals surface area contributed by atoms with Gasteiger partial charge in [0.25, 0.3) is 0 Å². The summed E-state index contributed by atoms with van der Waals surface area (Å²) in [5.41, 5.74) is 1.57. The van der Waals surface area contributed by atoms with Crippen molar-refractivity contribution in [3.05, 3.63) is 42.6 Å². The van der Waals surface area contributed by atoms with E-state index in [1.54, 1.807) is 25.6 Å². The molecule has 1 aromatic carbocycles. The number of rotatable bonds is 3. The van der Waals surface area contributed by atoms with Crippen LogP contribution in [0.3, 0.4) is 0 Å². The van der Waals surface area contributed by atoms with Crippen molar-refractivity contribution in [2.45, 2.75) is 18.6 Å². The summed E-state index contributed by atoms with van der Waals surface area (Å²) in [5.74, 6) is -0.233. The summed E-state index contributed by atoms with van der Waals surface area (Å²) >= 11 is 0. The molecule has 3 rings (SSSR count). The third-order valence-electron chi connectivity index (χ3n) is 3.25. The van der Waals surface area contributed by atoms with Crippen LogP contribution in [0.5, 0.6) is 0 Å². The molecule has 88 valence electrons. The molecule has 0 amide bonds. The fourth-order valence-corrected chi connectivity index (χ4v) is 1.99. The monoisotopic (exact) mass is 232 g/mol. The number of halogens is 1. The first-order valence-electron chi connectivity index (χ1n) is 5.59. The first kappa shape index (κ1) is 10.5. The van der Waals surface area contributed by atoms with Crippen LogP contribution in [0, 0.1) is 5.82 Å². The molecule has 17 heavy (non-hydrogen) atoms. The van der Waals surface area contributed by atoms with E-state index < -0.39 is 0 Å². The predicted octanol–water partition coefficient (Wildman–Crippen LogP) is 2.78. The molecule has 1 aliphatic carbocycles. The molecule has 1 aliphatic rings. The lowest BCUT2D eigenvalue weighted by Crippen LogP contribution is -2.16. The van der Waals surface area contributed by atoms with E-state index in [0.29, 0.717) is 0 Å². The molecule has 2 aromatic rings. The van der Waals surface area contributed by atoms with Crippen LogP contribution in [0.1, 0.15) is 12.8 Å². The van der Waals surface area contributed by atoms with Gasteiger partial charge in [-0.05, 0) is 24.3 Å². The Kier molecular flexibility index (Phi) is 2.26. The minimum atomic E-state index is -0.233. The third kappa shape index (κ3) is 1.74. The minimum absolute atomic E-state index is 0.189. The summed E-state index contributed by atoms with van der Waals surface area (Å²) in [4.78, 5) is 4.33. The van der Waals surface area contributed by atoms with E-state index in [4.69, 9.17) is 4.74 Å². The SMILES string of the molecule is COC1(n2cnc(-c3ccc(F)cc3)c2)CC1. The lowest BCUT2D eigenvalue weighted by Gasteiger charge is -2.13. The van der Waals surface area contributed by atoms with Crippen molar-refractivity contribution in [1.29, 1.82) is 0 Å². The van der Waals surface area contributed by atoms with Crippen LogP contribution in [0.4, 0.5) is 4.39 Å². The number of aromatic nitrogens is 2. The molecule has 3 nitrogen and oxygen atoms in total. The van der Waals surface area contributed by atoms with Gasteiger partial charge in [-0.15, -0.1) is 0 Å². The first-order valence-corrected chi connectivity index (χ1v) is 5.59. The van der Waals surface area contributed by atoms with Crippen molar-refractivity contribution >= 4 is 0 Å². The number of methoxy groups -OCH3 is 1. The molecule has 0 radical (unpaired) electrons. The van der Waals surface area contributed by atoms with E-state index in [0.717, 1.165) is 24.1 Å². The molecule has 1 aromatic heterocycles. The van der Waals surface area contributed by atoms with Crippen LogP contribution in [-0.2, 0) is 10.5 Å². The van der Waals surface area contributed by atoms with Crippen LogP contribution in [0.15, 0.2) is 36.8 Å². The average molecular weight is 232 g/mol. The van der Waals surface area contributed by atoms with Gasteiger partial charge in [-0.25, -0.2) is 9.37 Å². The Morgan fingerprint density at radius 2 is 2.00 bits per heavy atom. The highest BCUT2D eigenvalue weighted by Gasteiger charge is 2.45. The predicted molar refractivity (Wildman–Crippen MR) is 61.8 cm³/mol. The summed E-state index contributed by atoms with van der Waals surface area (Å²) in [6.45, 7) is 0. The molecule has 0 bridgehead atoms. The van der Waals surface area contributed by atoms with Gasteiger partial charge >= 0.3 is 0 Å². The summed E-state index contributed by atoms with van der Waals surface area (Å²) in [6.07, 6.45) is 5.75. The molecule has 1 fully saturated rings. The van der Waals surface area contributed by atoms with Crippen LogP contribution >= 0.6 is 0 Å². The Bertz CT molecular complexity index is 529. The molecule has 0 N–H and O–H groups in total. The van der Waals surface area contributed by atoms with E-state index >= 15 is 0 Å². The molecule has 1 heterocycles. The van der Waals surface area contributed by atoms with Crippen LogP contribution in [0.2, 0.25) is 0 Å². The molecule has 4 heteroatoms. The van der Waals surface area contributed by atoms with E-state index in [2.05, 4.69) is 4.98 Å². The number of hydrogen-bond acceptors (Lipinski definition) is 2. The van der Waals surface area contributed by atoms with Crippen molar-refractivity contribution in [1.82, 2.24) is 9.55 Å². The Morgan fingerprint density at radius 3 is 2.59 bits per heavy atom. The third-order valence-corrected chi connectivity index (χ3v) is 3.25. The number of benzene rings is 1. The molecule has 1 saturated carbocycles. The van der Waals surface area contributed by atoms with Crippen LogP contribution in [0.25, 0.3) is 11.3 Å². The lowest BCUT2D eigenvalue weighted by atomic mass is 10.2. The zero-order valence-corrected chi connectivity index (χ0v) is 9.56. The van der Waals surface area contributed by atoms with Gasteiger partial charge in [0, 0.05) is 31.7 Å². The van der Waals surface area contributed by atoms with Gasteiger partial charge in [-0.3, -0.25) is 0 Å². The Morgan fingerprint density at radius 1 is 1.29 bits per heavy atom. The molecule has 0 atom stereocenters. The maximum Gasteiger partial charge on any atom is 0.145 e. The fourth-order valence-electron chi connectivity index (χ4n) is 1.99. The van der Waals surface area contributed by atoms with Gasteiger partial charge in [0.05, 0.1) is 12.0 Å². The second kappa shape index (κ2) is 3.67. The fraction of sp³-hybridized carbons (Fsp3) is 0.308. The van der Waals surface area contributed by atoms with Crippen molar-refractivity contribution in [2.75, 3.05) is 7.11 Å². The van der Waals surface area contributed by atoms with Crippen molar-refractivity contribution in [3.63, 3.8) is 0 Å². The number of imidazole rings is 1. The van der Waals surface area contributed by atoms with Gasteiger partial charge in [0.2, 0.25) is 0 Å². The smallest absolute Gasteiger partial charge is 0.145 e. The largest absolute Gasteiger partial charge is 0.359 e. The van der Waals surface area contributed by atoms with Gasteiger partial charge in [-0.1, -0.05) is 0 Å². The summed E-state index contributed by atoms with van der Waals surface area (Å²) in [6, 6.07) is 6.35. The quantitative estimate of drug-likeness (QED) is 0.813. The van der Waals surface area contributed by atoms with Gasteiger partial charge < -0.3 is 9.30 Å². The minimum Gasteiger partial charge on any atom is -0.359 e. The zero-order valence-electron chi connectivity index (χ0n) is 9.56. The average Bonchev–Trinajstić information content (AvgIpc) is 3.00. The molecule has 0 unspecified atom stereocenters. The highest BCUT2D eigenvalue weighted by Crippen LogP contribution is 2.44.